The van der Waals surface area contributed by atoms with Crippen LogP contribution in [0.3, 0.4) is 0 Å². The monoisotopic (exact) mass is 506 g/mol. The molecule has 0 aromatic heterocycles. The lowest BCUT2D eigenvalue weighted by atomic mass is 9.69. The Hall–Kier alpha value is -3.19. The maximum absolute atomic E-state index is 14.0. The molecule has 1 aliphatic heterocycles. The lowest BCUT2D eigenvalue weighted by Gasteiger charge is -2.35. The van der Waals surface area contributed by atoms with Gasteiger partial charge in [0.25, 0.3) is 0 Å². The fraction of sp³-hybridized carbons (Fsp3) is 0.500. The van der Waals surface area contributed by atoms with Gasteiger partial charge in [0.2, 0.25) is 11.8 Å². The molecule has 0 spiro atoms. The second kappa shape index (κ2) is 11.5. The van der Waals surface area contributed by atoms with E-state index in [1.807, 2.05) is 75.4 Å². The van der Waals surface area contributed by atoms with Gasteiger partial charge >= 0.3 is 5.97 Å². The van der Waals surface area contributed by atoms with Gasteiger partial charge in [-0.3, -0.25) is 14.4 Å². The van der Waals surface area contributed by atoms with Crippen molar-refractivity contribution < 1.29 is 24.2 Å². The summed E-state index contributed by atoms with van der Waals surface area (Å²) in [5.74, 6) is -3.06. The van der Waals surface area contributed by atoms with Crippen LogP contribution >= 0.6 is 0 Å². The highest BCUT2D eigenvalue weighted by atomic mass is 16.5. The Morgan fingerprint density at radius 2 is 1.81 bits per heavy atom. The molecule has 0 saturated carbocycles. The molecule has 2 aromatic carbocycles. The van der Waals surface area contributed by atoms with Crippen LogP contribution < -0.4 is 5.32 Å². The second-order valence-corrected chi connectivity index (χ2v) is 10.5. The van der Waals surface area contributed by atoms with E-state index in [4.69, 9.17) is 4.74 Å². The van der Waals surface area contributed by atoms with Crippen molar-refractivity contribution in [3.63, 3.8) is 0 Å². The molecule has 1 fully saturated rings. The molecule has 7 heteroatoms. The average molecular weight is 507 g/mol. The quantitative estimate of drug-likeness (QED) is 0.388. The predicted octanol–water partition coefficient (Wildman–Crippen LogP) is 4.40. The van der Waals surface area contributed by atoms with Crippen LogP contribution in [0.25, 0.3) is 10.8 Å². The Balaban J connectivity index is 1.74. The number of carbonyl (C=O) groups is 3. The van der Waals surface area contributed by atoms with Crippen molar-refractivity contribution in [3.8, 4) is 0 Å². The van der Waals surface area contributed by atoms with Gasteiger partial charge in [-0.15, -0.1) is 0 Å². The number of esters is 1. The molecule has 7 nitrogen and oxygen atoms in total. The van der Waals surface area contributed by atoms with E-state index < -0.39 is 35.8 Å². The summed E-state index contributed by atoms with van der Waals surface area (Å²) in [5, 5.41) is 15.4. The number of rotatable bonds is 9. The van der Waals surface area contributed by atoms with Gasteiger partial charge in [-0.2, -0.15) is 0 Å². The summed E-state index contributed by atoms with van der Waals surface area (Å²) >= 11 is 0. The average Bonchev–Trinajstić information content (AvgIpc) is 3.16. The molecule has 6 atom stereocenters. The number of ether oxygens (including phenoxy) is 1. The molecule has 2 amide bonds. The number of allylic oxidation sites excluding steroid dienone is 1. The summed E-state index contributed by atoms with van der Waals surface area (Å²) < 4.78 is 5.42. The van der Waals surface area contributed by atoms with E-state index in [9.17, 15) is 19.5 Å². The van der Waals surface area contributed by atoms with Gasteiger partial charge in [0.05, 0.1) is 31.1 Å². The molecule has 1 aliphatic carbocycles. The first-order valence-electron chi connectivity index (χ1n) is 13.4. The van der Waals surface area contributed by atoms with Crippen LogP contribution in [-0.2, 0) is 19.1 Å². The third kappa shape index (κ3) is 5.14. The minimum Gasteiger partial charge on any atom is -0.466 e. The number of amides is 2. The summed E-state index contributed by atoms with van der Waals surface area (Å²) in [5.41, 5.74) is 0.634. The molecule has 2 N–H and O–H groups in total. The summed E-state index contributed by atoms with van der Waals surface area (Å²) in [4.78, 5) is 42.6. The molecule has 0 unspecified atom stereocenters. The number of aliphatic hydroxyl groups is 1. The van der Waals surface area contributed by atoms with Crippen molar-refractivity contribution in [1.82, 2.24) is 4.90 Å². The zero-order valence-electron chi connectivity index (χ0n) is 22.1. The Labute approximate surface area is 218 Å². The number of benzene rings is 2. The summed E-state index contributed by atoms with van der Waals surface area (Å²) in [6, 6.07) is 12.2. The number of likely N-dealkylation sites (tertiary alicyclic amines) is 1. The van der Waals surface area contributed by atoms with Crippen molar-refractivity contribution in [2.45, 2.75) is 52.6 Å². The number of anilines is 1. The Kier molecular flexibility index (Phi) is 8.32. The molecule has 0 bridgehead atoms. The van der Waals surface area contributed by atoms with E-state index >= 15 is 0 Å². The first-order chi connectivity index (χ1) is 17.8. The van der Waals surface area contributed by atoms with Crippen molar-refractivity contribution >= 4 is 34.2 Å². The molecule has 4 rings (SSSR count). The Morgan fingerprint density at radius 3 is 2.46 bits per heavy atom. The smallest absolute Gasteiger partial charge is 0.310 e. The maximum Gasteiger partial charge on any atom is 0.310 e. The molecule has 37 heavy (non-hydrogen) atoms. The molecule has 1 saturated heterocycles. The SMILES string of the molecule is CCC[C@@H]1C=C[C@H]2[C@H](C(=O)N([C@@H](CO)C(C)C)[C@@H]2C(=O)Nc2ccc3ccccc3c2)[C@@H]1C(=O)OCC. The fourth-order valence-electron chi connectivity index (χ4n) is 6.07. The van der Waals surface area contributed by atoms with Crippen LogP contribution in [0.15, 0.2) is 54.6 Å². The Morgan fingerprint density at radius 1 is 1.08 bits per heavy atom. The predicted molar refractivity (Wildman–Crippen MR) is 144 cm³/mol. The standard InChI is InChI=1S/C30H38N2O5/c1-5-9-20-13-15-23-26(25(20)30(36)37-6-2)29(35)32(24(17-33)18(3)4)27(23)28(34)31-22-14-12-19-10-7-8-11-21(19)16-22/h7-8,10-16,18,20,23-27,33H,5-6,9,17H2,1-4H3,(H,31,34)/t20-,23+,24+,25-,26+,27+/m1/s1. The summed E-state index contributed by atoms with van der Waals surface area (Å²) in [7, 11) is 0. The normalized spacial score (nSPS) is 25.8. The van der Waals surface area contributed by atoms with Crippen LogP contribution in [0.4, 0.5) is 5.69 Å². The van der Waals surface area contributed by atoms with Crippen molar-refractivity contribution in [1.29, 1.82) is 0 Å². The van der Waals surface area contributed by atoms with Crippen LogP contribution in [0.2, 0.25) is 0 Å². The number of nitrogens with zero attached hydrogens (tertiary/aromatic N) is 1. The topological polar surface area (TPSA) is 95.9 Å². The molecular formula is C30H38N2O5. The number of hydrogen-bond donors (Lipinski definition) is 2. The first kappa shape index (κ1) is 26.9. The van der Waals surface area contributed by atoms with Crippen LogP contribution in [0.5, 0.6) is 0 Å². The largest absolute Gasteiger partial charge is 0.466 e. The van der Waals surface area contributed by atoms with Crippen LogP contribution in [0, 0.1) is 29.6 Å². The molecule has 198 valence electrons. The van der Waals surface area contributed by atoms with E-state index in [2.05, 4.69) is 5.32 Å². The summed E-state index contributed by atoms with van der Waals surface area (Å²) in [6.07, 6.45) is 5.54. The van der Waals surface area contributed by atoms with Crippen LogP contribution in [0.1, 0.15) is 40.5 Å². The molecule has 2 aliphatic rings. The van der Waals surface area contributed by atoms with E-state index in [0.29, 0.717) is 5.69 Å². The highest BCUT2D eigenvalue weighted by molar-refractivity contribution is 6.02. The molecule has 0 radical (unpaired) electrons. The van der Waals surface area contributed by atoms with E-state index in [1.165, 1.54) is 0 Å². The molecule has 2 aromatic rings. The minimum atomic E-state index is -0.848. The number of carbonyl (C=O) groups excluding carboxylic acids is 3. The van der Waals surface area contributed by atoms with E-state index in [0.717, 1.165) is 23.6 Å². The molecular weight excluding hydrogens is 468 g/mol. The fourth-order valence-corrected chi connectivity index (χ4v) is 6.07. The highest BCUT2D eigenvalue weighted by Crippen LogP contribution is 2.47. The third-order valence-corrected chi connectivity index (χ3v) is 7.83. The van der Waals surface area contributed by atoms with Gasteiger partial charge < -0.3 is 20.1 Å². The second-order valence-electron chi connectivity index (χ2n) is 10.5. The van der Waals surface area contributed by atoms with Gasteiger partial charge in [-0.25, -0.2) is 0 Å². The lowest BCUT2D eigenvalue weighted by Crippen LogP contribution is -2.52. The minimum absolute atomic E-state index is 0.0819. The number of aliphatic hydroxyl groups excluding tert-OH is 1. The maximum atomic E-state index is 14.0. The van der Waals surface area contributed by atoms with Gasteiger partial charge in [-0.05, 0) is 48.1 Å². The van der Waals surface area contributed by atoms with E-state index in [1.54, 1.807) is 11.8 Å². The van der Waals surface area contributed by atoms with Crippen molar-refractivity contribution in [3.05, 3.63) is 54.6 Å². The van der Waals surface area contributed by atoms with Gasteiger partial charge in [0.1, 0.15) is 6.04 Å². The highest BCUT2D eigenvalue weighted by Gasteiger charge is 2.59. The van der Waals surface area contributed by atoms with Crippen molar-refractivity contribution in [2.24, 2.45) is 29.6 Å². The number of nitrogens with one attached hydrogen (secondary N) is 1. The number of fused-ring (bicyclic) bond motifs is 2. The van der Waals surface area contributed by atoms with Crippen molar-refractivity contribution in [2.75, 3.05) is 18.5 Å². The van der Waals surface area contributed by atoms with Gasteiger partial charge in [0, 0.05) is 11.6 Å². The van der Waals surface area contributed by atoms with E-state index in [-0.39, 0.29) is 36.9 Å². The van der Waals surface area contributed by atoms with Gasteiger partial charge in [-0.1, -0.05) is 69.7 Å². The number of hydrogen-bond acceptors (Lipinski definition) is 5. The first-order valence-corrected chi connectivity index (χ1v) is 13.4. The lowest BCUT2D eigenvalue weighted by molar-refractivity contribution is -0.156. The van der Waals surface area contributed by atoms with Crippen LogP contribution in [-0.4, -0.2) is 53.1 Å². The Bertz CT molecular complexity index is 1180. The summed E-state index contributed by atoms with van der Waals surface area (Å²) in [6.45, 7) is 7.61. The molecule has 1 heterocycles. The third-order valence-electron chi connectivity index (χ3n) is 7.83. The zero-order valence-corrected chi connectivity index (χ0v) is 22.1. The van der Waals surface area contributed by atoms with Gasteiger partial charge in [0.15, 0.2) is 0 Å². The zero-order chi connectivity index (χ0) is 26.7.